The molecule has 19 heavy (non-hydrogen) atoms. The molecule has 0 bridgehead atoms. The molecule has 2 rings (SSSR count). The molecule has 2 aliphatic rings. The molecule has 2 unspecified atom stereocenters. The number of carbonyl (C=O) groups is 1. The van der Waals surface area contributed by atoms with Crippen LogP contribution in [0.2, 0.25) is 0 Å². The maximum atomic E-state index is 12.3. The summed E-state index contributed by atoms with van der Waals surface area (Å²) in [6, 6.07) is 0.518. The number of likely N-dealkylation sites (tertiary alicyclic amines) is 2. The highest BCUT2D eigenvalue weighted by molar-refractivity contribution is 5.69. The van der Waals surface area contributed by atoms with Gasteiger partial charge < -0.3 is 15.4 Å². The topological polar surface area (TPSA) is 58.8 Å². The summed E-state index contributed by atoms with van der Waals surface area (Å²) >= 11 is 0. The van der Waals surface area contributed by atoms with Gasteiger partial charge in [0.15, 0.2) is 0 Å². The lowest BCUT2D eigenvalue weighted by Gasteiger charge is -2.43. The van der Waals surface area contributed by atoms with Gasteiger partial charge in [0.25, 0.3) is 0 Å². The van der Waals surface area contributed by atoms with Gasteiger partial charge in [-0.25, -0.2) is 4.79 Å². The zero-order valence-corrected chi connectivity index (χ0v) is 12.4. The summed E-state index contributed by atoms with van der Waals surface area (Å²) in [6.45, 7) is 9.36. The standard InChI is InChI=1S/C14H27N3O2/c1-14(2,3)19-13(18)17-9-4-6-11(17)12(10-15)16-7-5-8-16/h11-12H,4-10,15H2,1-3H3. The van der Waals surface area contributed by atoms with E-state index in [-0.39, 0.29) is 12.1 Å². The number of rotatable bonds is 3. The van der Waals surface area contributed by atoms with Crippen LogP contribution in [0.1, 0.15) is 40.0 Å². The van der Waals surface area contributed by atoms with E-state index in [9.17, 15) is 4.79 Å². The zero-order valence-electron chi connectivity index (χ0n) is 12.4. The molecule has 2 heterocycles. The summed E-state index contributed by atoms with van der Waals surface area (Å²) in [5.41, 5.74) is 5.50. The fourth-order valence-electron chi connectivity index (χ4n) is 2.96. The predicted octanol–water partition coefficient (Wildman–Crippen LogP) is 1.42. The van der Waals surface area contributed by atoms with E-state index in [1.54, 1.807) is 0 Å². The monoisotopic (exact) mass is 269 g/mol. The maximum absolute atomic E-state index is 12.3. The lowest BCUT2D eigenvalue weighted by molar-refractivity contribution is 0.00629. The molecule has 2 atom stereocenters. The van der Waals surface area contributed by atoms with Gasteiger partial charge in [0.05, 0.1) is 6.04 Å². The average Bonchev–Trinajstić information content (AvgIpc) is 2.68. The van der Waals surface area contributed by atoms with Crippen LogP contribution < -0.4 is 5.73 Å². The second kappa shape index (κ2) is 5.67. The number of amides is 1. The van der Waals surface area contributed by atoms with Crippen molar-refractivity contribution in [2.24, 2.45) is 5.73 Å². The van der Waals surface area contributed by atoms with Crippen LogP contribution in [0.5, 0.6) is 0 Å². The maximum Gasteiger partial charge on any atom is 0.410 e. The number of hydrogen-bond acceptors (Lipinski definition) is 4. The van der Waals surface area contributed by atoms with Gasteiger partial charge in [0.1, 0.15) is 5.60 Å². The molecular formula is C14H27N3O2. The first-order valence-corrected chi connectivity index (χ1v) is 7.36. The molecule has 1 amide bonds. The lowest BCUT2D eigenvalue weighted by atomic mass is 10.0. The average molecular weight is 269 g/mol. The molecule has 2 fully saturated rings. The predicted molar refractivity (Wildman–Crippen MR) is 75.0 cm³/mol. The van der Waals surface area contributed by atoms with Crippen molar-refractivity contribution in [2.45, 2.75) is 57.7 Å². The first-order chi connectivity index (χ1) is 8.92. The quantitative estimate of drug-likeness (QED) is 0.842. The zero-order chi connectivity index (χ0) is 14.0. The Labute approximate surface area is 116 Å². The van der Waals surface area contributed by atoms with Gasteiger partial charge in [-0.15, -0.1) is 0 Å². The highest BCUT2D eigenvalue weighted by Gasteiger charge is 2.39. The summed E-state index contributed by atoms with van der Waals surface area (Å²) in [5, 5.41) is 0. The molecule has 0 aliphatic carbocycles. The van der Waals surface area contributed by atoms with E-state index < -0.39 is 5.60 Å². The minimum atomic E-state index is -0.431. The van der Waals surface area contributed by atoms with Gasteiger partial charge in [0, 0.05) is 19.1 Å². The molecule has 5 heteroatoms. The van der Waals surface area contributed by atoms with Gasteiger partial charge in [0.2, 0.25) is 0 Å². The van der Waals surface area contributed by atoms with Crippen LogP contribution in [-0.4, -0.2) is 59.8 Å². The van der Waals surface area contributed by atoms with Crippen molar-refractivity contribution in [3.63, 3.8) is 0 Å². The minimum absolute atomic E-state index is 0.186. The van der Waals surface area contributed by atoms with Crippen molar-refractivity contribution < 1.29 is 9.53 Å². The number of hydrogen-bond donors (Lipinski definition) is 1. The highest BCUT2D eigenvalue weighted by atomic mass is 16.6. The largest absolute Gasteiger partial charge is 0.444 e. The third-order valence-corrected chi connectivity index (χ3v) is 3.97. The number of nitrogens with zero attached hydrogens (tertiary/aromatic N) is 2. The summed E-state index contributed by atoms with van der Waals surface area (Å²) in [6.07, 6.45) is 3.15. The van der Waals surface area contributed by atoms with Gasteiger partial charge in [-0.05, 0) is 53.1 Å². The van der Waals surface area contributed by atoms with Crippen molar-refractivity contribution in [2.75, 3.05) is 26.2 Å². The van der Waals surface area contributed by atoms with Crippen LogP contribution in [0.25, 0.3) is 0 Å². The van der Waals surface area contributed by atoms with Crippen LogP contribution in [0.3, 0.4) is 0 Å². The molecule has 110 valence electrons. The molecule has 0 aromatic rings. The highest BCUT2D eigenvalue weighted by Crippen LogP contribution is 2.27. The fourth-order valence-corrected chi connectivity index (χ4v) is 2.96. The number of ether oxygens (including phenoxy) is 1. The van der Waals surface area contributed by atoms with Crippen LogP contribution in [0, 0.1) is 0 Å². The Balaban J connectivity index is 2.00. The number of carbonyl (C=O) groups excluding carboxylic acids is 1. The van der Waals surface area contributed by atoms with Crippen molar-refractivity contribution >= 4 is 6.09 Å². The summed E-state index contributed by atoms with van der Waals surface area (Å²) in [7, 11) is 0. The number of nitrogens with two attached hydrogens (primary N) is 1. The van der Waals surface area contributed by atoms with Gasteiger partial charge in [-0.3, -0.25) is 4.90 Å². The van der Waals surface area contributed by atoms with Crippen molar-refractivity contribution in [1.82, 2.24) is 9.80 Å². The van der Waals surface area contributed by atoms with Gasteiger partial charge in [-0.1, -0.05) is 0 Å². The van der Waals surface area contributed by atoms with Crippen LogP contribution in [0.4, 0.5) is 4.79 Å². The summed E-state index contributed by atoms with van der Waals surface area (Å²) in [5.74, 6) is 0. The molecule has 2 N–H and O–H groups in total. The second-order valence-corrected chi connectivity index (χ2v) is 6.58. The van der Waals surface area contributed by atoms with E-state index in [1.807, 2.05) is 25.7 Å². The van der Waals surface area contributed by atoms with E-state index >= 15 is 0 Å². The first-order valence-electron chi connectivity index (χ1n) is 7.36. The van der Waals surface area contributed by atoms with E-state index in [1.165, 1.54) is 6.42 Å². The van der Waals surface area contributed by atoms with Crippen LogP contribution in [-0.2, 0) is 4.74 Å². The molecule has 2 saturated heterocycles. The normalized spacial score (nSPS) is 26.1. The van der Waals surface area contributed by atoms with E-state index in [4.69, 9.17) is 10.5 Å². The fraction of sp³-hybridized carbons (Fsp3) is 0.929. The smallest absolute Gasteiger partial charge is 0.410 e. The molecule has 2 aliphatic heterocycles. The van der Waals surface area contributed by atoms with Crippen LogP contribution in [0.15, 0.2) is 0 Å². The molecule has 5 nitrogen and oxygen atoms in total. The van der Waals surface area contributed by atoms with Crippen molar-refractivity contribution in [3.8, 4) is 0 Å². The third kappa shape index (κ3) is 3.39. The Morgan fingerprint density at radius 1 is 1.32 bits per heavy atom. The summed E-state index contributed by atoms with van der Waals surface area (Å²) < 4.78 is 5.51. The van der Waals surface area contributed by atoms with Crippen LogP contribution >= 0.6 is 0 Å². The molecule has 0 saturated carbocycles. The summed E-state index contributed by atoms with van der Waals surface area (Å²) in [4.78, 5) is 16.6. The van der Waals surface area contributed by atoms with Gasteiger partial charge >= 0.3 is 6.09 Å². The Morgan fingerprint density at radius 3 is 2.47 bits per heavy atom. The molecule has 0 spiro atoms. The SMILES string of the molecule is CC(C)(C)OC(=O)N1CCCC1C(CN)N1CCC1. The van der Waals surface area contributed by atoms with Crippen molar-refractivity contribution in [1.29, 1.82) is 0 Å². The second-order valence-electron chi connectivity index (χ2n) is 6.58. The Kier molecular flexibility index (Phi) is 4.36. The molecule has 0 radical (unpaired) electrons. The Bertz CT molecular complexity index is 323. The Hall–Kier alpha value is -0.810. The van der Waals surface area contributed by atoms with Crippen molar-refractivity contribution in [3.05, 3.63) is 0 Å². The van der Waals surface area contributed by atoms with Gasteiger partial charge in [-0.2, -0.15) is 0 Å². The first kappa shape index (κ1) is 14.6. The Morgan fingerprint density at radius 2 is 2.00 bits per heavy atom. The minimum Gasteiger partial charge on any atom is -0.444 e. The lowest BCUT2D eigenvalue weighted by Crippen LogP contribution is -2.58. The van der Waals surface area contributed by atoms with E-state index in [0.29, 0.717) is 12.6 Å². The molecular weight excluding hydrogens is 242 g/mol. The van der Waals surface area contributed by atoms with E-state index in [2.05, 4.69) is 4.90 Å². The molecule has 0 aromatic carbocycles. The third-order valence-electron chi connectivity index (χ3n) is 3.97. The van der Waals surface area contributed by atoms with E-state index in [0.717, 1.165) is 32.5 Å². The molecule has 0 aromatic heterocycles.